The number of rotatable bonds is 5. The Labute approximate surface area is 181 Å². The minimum atomic E-state index is -0.447. The summed E-state index contributed by atoms with van der Waals surface area (Å²) < 4.78 is 0. The van der Waals surface area contributed by atoms with Crippen molar-refractivity contribution in [2.75, 3.05) is 36.8 Å². The van der Waals surface area contributed by atoms with Crippen molar-refractivity contribution in [2.24, 2.45) is 0 Å². The van der Waals surface area contributed by atoms with Crippen LogP contribution in [0.1, 0.15) is 32.1 Å². The Hall–Kier alpha value is -0.370. The maximum absolute atomic E-state index is 10.5. The second-order valence-corrected chi connectivity index (χ2v) is 8.62. The number of aromatic nitrogens is 2. The zero-order valence-electron chi connectivity index (χ0n) is 15.2. The quantitative estimate of drug-likeness (QED) is 0.590. The number of thioether (sulfide) groups is 1. The molecular weight excluding hydrogens is 427 g/mol. The highest BCUT2D eigenvalue weighted by atomic mass is 35.5. The Morgan fingerprint density at radius 2 is 1.89 bits per heavy atom. The number of aliphatic hydroxyl groups is 1. The number of piperazine rings is 1. The van der Waals surface area contributed by atoms with Crippen molar-refractivity contribution in [1.29, 1.82) is 0 Å². The smallest absolute Gasteiger partial charge is 0.166 e. The second-order valence-electron chi connectivity index (χ2n) is 7.13. The second kappa shape index (κ2) is 9.90. The molecule has 152 valence electrons. The lowest BCUT2D eigenvalue weighted by Crippen LogP contribution is -2.43. The van der Waals surface area contributed by atoms with Crippen LogP contribution in [0, 0.1) is 0 Å². The van der Waals surface area contributed by atoms with Crippen LogP contribution >= 0.6 is 48.2 Å². The minimum Gasteiger partial charge on any atom is -0.390 e. The number of imidazole rings is 1. The van der Waals surface area contributed by atoms with Gasteiger partial charge in [-0.15, -0.1) is 24.8 Å². The SMILES string of the molecule is Cl.Cl.OC1(CCSc2nc3cc(Cl)c(N4CCNCC4)cc3[nH]2)CCCC1. The molecule has 0 radical (unpaired) electrons. The fourth-order valence-corrected chi connectivity index (χ4v) is 5.13. The van der Waals surface area contributed by atoms with E-state index in [1.807, 2.05) is 6.07 Å². The van der Waals surface area contributed by atoms with Crippen LogP contribution < -0.4 is 10.2 Å². The Kier molecular flexibility index (Phi) is 8.40. The molecule has 0 unspecified atom stereocenters. The van der Waals surface area contributed by atoms with Crippen LogP contribution in [0.2, 0.25) is 5.02 Å². The lowest BCUT2D eigenvalue weighted by molar-refractivity contribution is 0.0451. The van der Waals surface area contributed by atoms with E-state index in [1.54, 1.807) is 11.8 Å². The van der Waals surface area contributed by atoms with Gasteiger partial charge in [-0.2, -0.15) is 0 Å². The Morgan fingerprint density at radius 1 is 1.19 bits per heavy atom. The van der Waals surface area contributed by atoms with Gasteiger partial charge in [0.15, 0.2) is 5.16 Å². The summed E-state index contributed by atoms with van der Waals surface area (Å²) in [5.41, 5.74) is 2.57. The van der Waals surface area contributed by atoms with E-state index in [0.29, 0.717) is 0 Å². The zero-order valence-corrected chi connectivity index (χ0v) is 18.4. The molecule has 1 aliphatic carbocycles. The molecule has 2 aromatic rings. The molecule has 1 aromatic carbocycles. The average molecular weight is 454 g/mol. The number of H-pyrrole nitrogens is 1. The van der Waals surface area contributed by atoms with E-state index in [2.05, 4.69) is 26.3 Å². The number of hydrogen-bond acceptors (Lipinski definition) is 5. The number of halogens is 3. The van der Waals surface area contributed by atoms with Crippen molar-refractivity contribution in [3.05, 3.63) is 17.2 Å². The molecule has 0 amide bonds. The fourth-order valence-electron chi connectivity index (χ4n) is 3.83. The molecule has 1 aliphatic heterocycles. The summed E-state index contributed by atoms with van der Waals surface area (Å²) in [6.07, 6.45) is 5.02. The molecule has 2 heterocycles. The Morgan fingerprint density at radius 3 is 2.59 bits per heavy atom. The molecule has 5 nitrogen and oxygen atoms in total. The monoisotopic (exact) mass is 452 g/mol. The largest absolute Gasteiger partial charge is 0.390 e. The van der Waals surface area contributed by atoms with Crippen molar-refractivity contribution in [3.8, 4) is 0 Å². The molecule has 27 heavy (non-hydrogen) atoms. The van der Waals surface area contributed by atoms with Crippen molar-refractivity contribution >= 4 is 64.9 Å². The summed E-state index contributed by atoms with van der Waals surface area (Å²) in [7, 11) is 0. The van der Waals surface area contributed by atoms with Gasteiger partial charge < -0.3 is 20.3 Å². The molecule has 1 saturated heterocycles. The van der Waals surface area contributed by atoms with Crippen LogP contribution in [0.4, 0.5) is 5.69 Å². The molecule has 0 spiro atoms. The standard InChI is InChI=1S/C18H25ClN4OS.2ClH/c19-13-11-14-15(12-16(13)23-8-6-20-7-9-23)22-17(21-14)25-10-5-18(24)3-1-2-4-18;;/h11-12,20,24H,1-10H2,(H,21,22);2*1H. The first-order valence-corrected chi connectivity index (χ1v) is 10.5. The number of nitrogens with zero attached hydrogens (tertiary/aromatic N) is 2. The van der Waals surface area contributed by atoms with Crippen LogP contribution in [-0.4, -0.2) is 52.6 Å². The predicted octanol–water partition coefficient (Wildman–Crippen LogP) is 4.26. The Balaban J connectivity index is 0.00000131. The number of aromatic amines is 1. The van der Waals surface area contributed by atoms with Crippen LogP contribution in [0.3, 0.4) is 0 Å². The van der Waals surface area contributed by atoms with Gasteiger partial charge in [-0.25, -0.2) is 4.98 Å². The first-order valence-electron chi connectivity index (χ1n) is 9.13. The van der Waals surface area contributed by atoms with E-state index in [-0.39, 0.29) is 24.8 Å². The van der Waals surface area contributed by atoms with Gasteiger partial charge in [0, 0.05) is 31.9 Å². The fraction of sp³-hybridized carbons (Fsp3) is 0.611. The average Bonchev–Trinajstić information content (AvgIpc) is 3.21. The van der Waals surface area contributed by atoms with E-state index < -0.39 is 5.60 Å². The highest BCUT2D eigenvalue weighted by Gasteiger charge is 2.30. The van der Waals surface area contributed by atoms with Crippen molar-refractivity contribution < 1.29 is 5.11 Å². The maximum atomic E-state index is 10.5. The summed E-state index contributed by atoms with van der Waals surface area (Å²) >= 11 is 8.18. The first-order chi connectivity index (χ1) is 12.1. The zero-order chi connectivity index (χ0) is 17.3. The van der Waals surface area contributed by atoms with Gasteiger partial charge in [-0.1, -0.05) is 36.2 Å². The number of fused-ring (bicyclic) bond motifs is 1. The minimum absolute atomic E-state index is 0. The van der Waals surface area contributed by atoms with Crippen LogP contribution in [0.25, 0.3) is 11.0 Å². The third kappa shape index (κ3) is 5.37. The van der Waals surface area contributed by atoms with Gasteiger partial charge in [0.2, 0.25) is 0 Å². The van der Waals surface area contributed by atoms with Gasteiger partial charge in [0.25, 0.3) is 0 Å². The third-order valence-electron chi connectivity index (χ3n) is 5.33. The van der Waals surface area contributed by atoms with Crippen LogP contribution in [0.15, 0.2) is 17.3 Å². The molecular formula is C18H27Cl3N4OS. The third-order valence-corrected chi connectivity index (χ3v) is 6.50. The van der Waals surface area contributed by atoms with E-state index in [0.717, 1.165) is 90.9 Å². The molecule has 3 N–H and O–H groups in total. The van der Waals surface area contributed by atoms with E-state index in [9.17, 15) is 5.11 Å². The van der Waals surface area contributed by atoms with Crippen molar-refractivity contribution in [1.82, 2.24) is 15.3 Å². The van der Waals surface area contributed by atoms with Crippen molar-refractivity contribution in [2.45, 2.75) is 42.9 Å². The topological polar surface area (TPSA) is 64.2 Å². The normalized spacial score (nSPS) is 19.0. The van der Waals surface area contributed by atoms with Crippen LogP contribution in [-0.2, 0) is 0 Å². The summed E-state index contributed by atoms with van der Waals surface area (Å²) in [5.74, 6) is 0.884. The number of nitrogens with one attached hydrogen (secondary N) is 2. The Bertz CT molecular complexity index is 746. The predicted molar refractivity (Wildman–Crippen MR) is 119 cm³/mol. The molecule has 0 atom stereocenters. The lowest BCUT2D eigenvalue weighted by atomic mass is 10.00. The van der Waals surface area contributed by atoms with E-state index >= 15 is 0 Å². The lowest BCUT2D eigenvalue weighted by Gasteiger charge is -2.30. The molecule has 9 heteroatoms. The summed E-state index contributed by atoms with van der Waals surface area (Å²) in [6.45, 7) is 3.92. The summed E-state index contributed by atoms with van der Waals surface area (Å²) in [5, 5.41) is 15.5. The summed E-state index contributed by atoms with van der Waals surface area (Å²) in [4.78, 5) is 10.4. The van der Waals surface area contributed by atoms with Crippen molar-refractivity contribution in [3.63, 3.8) is 0 Å². The van der Waals surface area contributed by atoms with Gasteiger partial charge in [0.1, 0.15) is 0 Å². The molecule has 1 saturated carbocycles. The van der Waals surface area contributed by atoms with Gasteiger partial charge in [-0.3, -0.25) is 0 Å². The van der Waals surface area contributed by atoms with E-state index in [4.69, 9.17) is 11.6 Å². The first kappa shape index (κ1) is 22.9. The molecule has 1 aromatic heterocycles. The molecule has 2 fully saturated rings. The molecule has 0 bridgehead atoms. The van der Waals surface area contributed by atoms with Gasteiger partial charge in [-0.05, 0) is 31.4 Å². The highest BCUT2D eigenvalue weighted by Crippen LogP contribution is 2.35. The summed E-state index contributed by atoms with van der Waals surface area (Å²) in [6, 6.07) is 4.07. The maximum Gasteiger partial charge on any atom is 0.166 e. The van der Waals surface area contributed by atoms with Gasteiger partial charge >= 0.3 is 0 Å². The van der Waals surface area contributed by atoms with E-state index in [1.165, 1.54) is 0 Å². The molecule has 4 rings (SSSR count). The highest BCUT2D eigenvalue weighted by molar-refractivity contribution is 7.99. The molecule has 2 aliphatic rings. The number of anilines is 1. The van der Waals surface area contributed by atoms with Gasteiger partial charge in [0.05, 0.1) is 27.3 Å². The van der Waals surface area contributed by atoms with Crippen LogP contribution in [0.5, 0.6) is 0 Å². The number of benzene rings is 1. The number of hydrogen-bond donors (Lipinski definition) is 3.